The quantitative estimate of drug-likeness (QED) is 0.251. The normalized spacial score (nSPS) is 17.0. The molecule has 43 heavy (non-hydrogen) atoms. The maximum absolute atomic E-state index is 16.8. The summed E-state index contributed by atoms with van der Waals surface area (Å²) in [6, 6.07) is 7.01. The smallest absolute Gasteiger partial charge is 0.319 e. The highest BCUT2D eigenvalue weighted by atomic mass is 35.5. The molecule has 1 N–H and O–H groups in total. The molecule has 0 radical (unpaired) electrons. The first kappa shape index (κ1) is 28.5. The van der Waals surface area contributed by atoms with Gasteiger partial charge in [0.25, 0.3) is 0 Å². The van der Waals surface area contributed by atoms with E-state index in [-0.39, 0.29) is 46.7 Å². The number of hydrogen-bond acceptors (Lipinski definition) is 8. The number of nitrogens with zero attached hydrogens (tertiary/aromatic N) is 7. The van der Waals surface area contributed by atoms with Crippen molar-refractivity contribution in [2.75, 3.05) is 24.6 Å². The van der Waals surface area contributed by atoms with Crippen LogP contribution in [0.15, 0.2) is 55.5 Å². The lowest BCUT2D eigenvalue weighted by Gasteiger charge is -2.44. The number of hydrogen-bond donors (Lipinski definition) is 1. The van der Waals surface area contributed by atoms with E-state index in [9.17, 15) is 4.79 Å². The first-order valence-corrected chi connectivity index (χ1v) is 14.4. The molecule has 1 aliphatic rings. The van der Waals surface area contributed by atoms with Crippen LogP contribution in [0.1, 0.15) is 25.2 Å². The van der Waals surface area contributed by atoms with E-state index >= 15 is 4.39 Å². The van der Waals surface area contributed by atoms with Crippen molar-refractivity contribution in [1.29, 1.82) is 0 Å². The van der Waals surface area contributed by atoms with E-state index in [1.54, 1.807) is 35.6 Å². The summed E-state index contributed by atoms with van der Waals surface area (Å²) in [6.07, 6.45) is 6.75. The van der Waals surface area contributed by atoms with Crippen molar-refractivity contribution in [1.82, 2.24) is 35.0 Å². The summed E-state index contributed by atoms with van der Waals surface area (Å²) in [7, 11) is 0. The van der Waals surface area contributed by atoms with Gasteiger partial charge in [-0.25, -0.2) is 14.4 Å². The lowest BCUT2D eigenvalue weighted by atomic mass is 9.96. The van der Waals surface area contributed by atoms with Gasteiger partial charge in [-0.1, -0.05) is 30.3 Å². The summed E-state index contributed by atoms with van der Waals surface area (Å²) in [4.78, 5) is 34.1. The summed E-state index contributed by atoms with van der Waals surface area (Å²) < 4.78 is 22.7. The number of H-pyrrole nitrogens is 1. The van der Waals surface area contributed by atoms with E-state index in [1.807, 2.05) is 37.8 Å². The number of carbonyl (C=O) groups excluding carboxylic acids is 1. The second-order valence-corrected chi connectivity index (χ2v) is 11.1. The summed E-state index contributed by atoms with van der Waals surface area (Å²) >= 11 is 6.88. The van der Waals surface area contributed by atoms with Crippen molar-refractivity contribution < 1.29 is 13.9 Å². The molecule has 1 fully saturated rings. The Hall–Kier alpha value is -4.64. The maximum atomic E-state index is 16.8. The molecule has 0 spiro atoms. The Morgan fingerprint density at radius 3 is 2.74 bits per heavy atom. The molecule has 1 saturated heterocycles. The topological polar surface area (TPSA) is 113 Å². The van der Waals surface area contributed by atoms with Gasteiger partial charge in [0.1, 0.15) is 17.2 Å². The highest BCUT2D eigenvalue weighted by Crippen LogP contribution is 2.42. The van der Waals surface area contributed by atoms with Gasteiger partial charge in [0, 0.05) is 65.9 Å². The minimum Gasteiger partial charge on any atom is -0.463 e. The zero-order valence-corrected chi connectivity index (χ0v) is 24.8. The molecule has 12 heteroatoms. The molecule has 10 nitrogen and oxygen atoms in total. The summed E-state index contributed by atoms with van der Waals surface area (Å²) in [5.41, 5.74) is 2.42. The standard InChI is InChI=1S/C31H30ClFN8O2/c1-5-24(42)40-15-19(4)41(16-18(40)3)30-21-13-22(32)26(25-17(2)7-8-20-14-36-39-28(20)25)27(33)29(21)37-31(38-30)43-12-9-23-34-10-6-11-35-23/h5-8,10-11,13-14,18-19H,1,9,12,15-16H2,2-4H3,(H,36,39)/t18-,19+/m1/s1. The molecule has 220 valence electrons. The molecule has 1 amide bonds. The van der Waals surface area contributed by atoms with E-state index < -0.39 is 5.82 Å². The van der Waals surface area contributed by atoms with Gasteiger partial charge < -0.3 is 14.5 Å². The average molecular weight is 601 g/mol. The van der Waals surface area contributed by atoms with E-state index in [0.717, 1.165) is 10.9 Å². The number of carbonyl (C=O) groups is 1. The zero-order chi connectivity index (χ0) is 30.2. The van der Waals surface area contributed by atoms with Crippen LogP contribution in [-0.2, 0) is 11.2 Å². The fourth-order valence-corrected chi connectivity index (χ4v) is 5.94. The summed E-state index contributed by atoms with van der Waals surface area (Å²) in [5, 5.41) is 8.64. The Morgan fingerprint density at radius 2 is 1.98 bits per heavy atom. The predicted molar refractivity (Wildman–Crippen MR) is 164 cm³/mol. The number of anilines is 1. The van der Waals surface area contributed by atoms with Crippen molar-refractivity contribution in [3.8, 4) is 17.1 Å². The zero-order valence-electron chi connectivity index (χ0n) is 24.0. The van der Waals surface area contributed by atoms with Gasteiger partial charge in [0.15, 0.2) is 5.82 Å². The van der Waals surface area contributed by atoms with Crippen molar-refractivity contribution in [3.63, 3.8) is 0 Å². The van der Waals surface area contributed by atoms with Gasteiger partial charge >= 0.3 is 6.01 Å². The Labute approximate surface area is 252 Å². The van der Waals surface area contributed by atoms with Crippen LogP contribution in [0.4, 0.5) is 10.2 Å². The lowest BCUT2D eigenvalue weighted by Crippen LogP contribution is -2.58. The van der Waals surface area contributed by atoms with Crippen molar-refractivity contribution in [2.45, 2.75) is 39.3 Å². The van der Waals surface area contributed by atoms with Gasteiger partial charge in [-0.3, -0.25) is 9.89 Å². The summed E-state index contributed by atoms with van der Waals surface area (Å²) in [5.74, 6) is 0.358. The number of halogens is 2. The second kappa shape index (κ2) is 11.6. The highest BCUT2D eigenvalue weighted by molar-refractivity contribution is 6.35. The van der Waals surface area contributed by atoms with Gasteiger partial charge in [-0.05, 0) is 44.5 Å². The molecule has 0 aliphatic carbocycles. The fourth-order valence-electron chi connectivity index (χ4n) is 5.65. The number of nitrogens with one attached hydrogen (secondary N) is 1. The third-order valence-corrected chi connectivity index (χ3v) is 8.11. The Balaban J connectivity index is 1.48. The fraction of sp³-hybridized carbons (Fsp3) is 0.290. The van der Waals surface area contributed by atoms with Gasteiger partial charge in [-0.15, -0.1) is 0 Å². The molecular formula is C31H30ClFN8O2. The van der Waals surface area contributed by atoms with Gasteiger partial charge in [0.05, 0.1) is 23.3 Å². The van der Waals surface area contributed by atoms with Crippen LogP contribution in [0.3, 0.4) is 0 Å². The predicted octanol–water partition coefficient (Wildman–Crippen LogP) is 5.30. The van der Waals surface area contributed by atoms with Crippen molar-refractivity contribution in [3.05, 3.63) is 77.7 Å². The number of fused-ring (bicyclic) bond motifs is 2. The molecule has 0 unspecified atom stereocenters. The number of ether oxygens (including phenoxy) is 1. The maximum Gasteiger partial charge on any atom is 0.319 e. The third-order valence-electron chi connectivity index (χ3n) is 7.81. The molecule has 0 saturated carbocycles. The number of aromatic nitrogens is 6. The van der Waals surface area contributed by atoms with E-state index in [1.165, 1.54) is 6.08 Å². The number of benzene rings is 2. The number of piperazine rings is 1. The number of aromatic amines is 1. The first-order valence-electron chi connectivity index (χ1n) is 14.0. The molecule has 4 heterocycles. The van der Waals surface area contributed by atoms with Crippen LogP contribution >= 0.6 is 11.6 Å². The Kier molecular flexibility index (Phi) is 7.66. The van der Waals surface area contributed by atoms with Crippen LogP contribution in [0.25, 0.3) is 32.9 Å². The highest BCUT2D eigenvalue weighted by Gasteiger charge is 2.34. The van der Waals surface area contributed by atoms with Crippen LogP contribution < -0.4 is 9.64 Å². The van der Waals surface area contributed by atoms with Gasteiger partial charge in [-0.2, -0.15) is 15.1 Å². The van der Waals surface area contributed by atoms with Crippen molar-refractivity contribution in [2.24, 2.45) is 0 Å². The number of rotatable bonds is 7. The van der Waals surface area contributed by atoms with E-state index in [0.29, 0.717) is 47.6 Å². The molecular weight excluding hydrogens is 571 g/mol. The van der Waals surface area contributed by atoms with Crippen molar-refractivity contribution >= 4 is 45.1 Å². The van der Waals surface area contributed by atoms with Crippen LogP contribution in [0, 0.1) is 12.7 Å². The summed E-state index contributed by atoms with van der Waals surface area (Å²) in [6.45, 7) is 10.6. The Morgan fingerprint density at radius 1 is 1.19 bits per heavy atom. The monoisotopic (exact) mass is 600 g/mol. The average Bonchev–Trinajstić information content (AvgIpc) is 3.48. The molecule has 6 rings (SSSR count). The molecule has 2 aromatic carbocycles. The minimum atomic E-state index is -0.589. The van der Waals surface area contributed by atoms with Crippen LogP contribution in [0.2, 0.25) is 5.02 Å². The van der Waals surface area contributed by atoms with Crippen LogP contribution in [-0.4, -0.2) is 72.7 Å². The Bertz CT molecular complexity index is 1850. The van der Waals surface area contributed by atoms with E-state index in [2.05, 4.69) is 31.7 Å². The SMILES string of the molecule is C=CC(=O)N1C[C@H](C)N(c2nc(OCCc3ncccn3)nc3c(F)c(-c4c(C)ccc5cn[nH]c45)c(Cl)cc23)C[C@H]1C. The molecule has 0 bridgehead atoms. The van der Waals surface area contributed by atoms with Gasteiger partial charge in [0.2, 0.25) is 5.91 Å². The first-order chi connectivity index (χ1) is 20.8. The largest absolute Gasteiger partial charge is 0.463 e. The second-order valence-electron chi connectivity index (χ2n) is 10.7. The molecule has 5 aromatic rings. The number of aryl methyl sites for hydroxylation is 1. The molecule has 2 atom stereocenters. The number of amides is 1. The molecule has 1 aliphatic heterocycles. The van der Waals surface area contributed by atoms with E-state index in [4.69, 9.17) is 21.3 Å². The lowest BCUT2D eigenvalue weighted by molar-refractivity contribution is -0.128. The molecule has 3 aromatic heterocycles. The minimum absolute atomic E-state index is 0.0199. The van der Waals surface area contributed by atoms with Crippen LogP contribution in [0.5, 0.6) is 6.01 Å². The third kappa shape index (κ3) is 5.25.